The number of amides is 1. The third kappa shape index (κ3) is 3.65. The Balaban J connectivity index is 1.41. The van der Waals surface area contributed by atoms with Gasteiger partial charge >= 0.3 is 0 Å². The molecule has 0 radical (unpaired) electrons. The van der Waals surface area contributed by atoms with Crippen molar-refractivity contribution in [3.05, 3.63) is 82.1 Å². The number of hydrogen-bond acceptors (Lipinski definition) is 3. The van der Waals surface area contributed by atoms with Gasteiger partial charge in [-0.2, -0.15) is 0 Å². The molecule has 2 aliphatic rings. The molecule has 1 saturated heterocycles. The van der Waals surface area contributed by atoms with Crippen LogP contribution >= 0.6 is 0 Å². The Hall–Kier alpha value is -2.92. The minimum absolute atomic E-state index is 0.0189. The Kier molecular flexibility index (Phi) is 4.91. The van der Waals surface area contributed by atoms with Gasteiger partial charge in [0.15, 0.2) is 0 Å². The van der Waals surface area contributed by atoms with Crippen molar-refractivity contribution < 1.29 is 4.79 Å². The molecule has 0 spiro atoms. The lowest BCUT2D eigenvalue weighted by Crippen LogP contribution is -2.41. The van der Waals surface area contributed by atoms with E-state index in [4.69, 9.17) is 0 Å². The minimum Gasteiger partial charge on any atom is -0.347 e. The van der Waals surface area contributed by atoms with Crippen LogP contribution in [-0.4, -0.2) is 35.4 Å². The zero-order valence-corrected chi connectivity index (χ0v) is 17.1. The number of aromatic amines is 1. The van der Waals surface area contributed by atoms with Crippen molar-refractivity contribution in [3.8, 4) is 0 Å². The molecule has 1 saturated carbocycles. The third-order valence-corrected chi connectivity index (χ3v) is 6.61. The Labute approximate surface area is 176 Å². The molecule has 30 heavy (non-hydrogen) atoms. The van der Waals surface area contributed by atoms with Crippen molar-refractivity contribution in [1.82, 2.24) is 15.2 Å². The largest absolute Gasteiger partial charge is 0.347 e. The van der Waals surface area contributed by atoms with Crippen LogP contribution in [-0.2, 0) is 10.2 Å². The van der Waals surface area contributed by atoms with Crippen molar-refractivity contribution >= 4 is 16.8 Å². The van der Waals surface area contributed by atoms with Crippen LogP contribution in [0.15, 0.2) is 65.5 Å². The highest BCUT2D eigenvalue weighted by Crippen LogP contribution is 2.49. The van der Waals surface area contributed by atoms with Gasteiger partial charge in [0.05, 0.1) is 11.5 Å². The quantitative estimate of drug-likeness (QED) is 0.664. The lowest BCUT2D eigenvalue weighted by molar-refractivity contribution is -0.124. The molecule has 1 amide bonds. The van der Waals surface area contributed by atoms with Gasteiger partial charge in [-0.1, -0.05) is 42.5 Å². The molecule has 1 atom stereocenters. The number of hydrogen-bond donors (Lipinski definition) is 2. The Bertz CT molecular complexity index is 1110. The van der Waals surface area contributed by atoms with Gasteiger partial charge in [0, 0.05) is 18.1 Å². The standard InChI is InChI=1S/C25H27N3O2/c29-23-11-9-19-8-10-20(16-21(19)26-23)25(12-13-25)24(30)27-22(17-28-14-4-5-15-28)18-6-2-1-3-7-18/h1-3,6-11,16,22H,4-5,12-15,17H2,(H,26,29)(H,27,30)/t22-/m1/s1. The van der Waals surface area contributed by atoms with E-state index in [2.05, 4.69) is 27.3 Å². The summed E-state index contributed by atoms with van der Waals surface area (Å²) in [6, 6.07) is 19.6. The summed E-state index contributed by atoms with van der Waals surface area (Å²) in [6.45, 7) is 3.04. The summed E-state index contributed by atoms with van der Waals surface area (Å²) in [5, 5.41) is 4.35. The summed E-state index contributed by atoms with van der Waals surface area (Å²) < 4.78 is 0. The van der Waals surface area contributed by atoms with Crippen LogP contribution in [0.5, 0.6) is 0 Å². The van der Waals surface area contributed by atoms with E-state index in [0.717, 1.165) is 54.5 Å². The van der Waals surface area contributed by atoms with Crippen LogP contribution in [0.3, 0.4) is 0 Å². The van der Waals surface area contributed by atoms with Crippen LogP contribution in [0.25, 0.3) is 10.9 Å². The molecule has 5 heteroatoms. The molecule has 154 valence electrons. The number of likely N-dealkylation sites (tertiary alicyclic amines) is 1. The normalized spacial score (nSPS) is 18.9. The topological polar surface area (TPSA) is 65.2 Å². The number of carbonyl (C=O) groups excluding carboxylic acids is 1. The summed E-state index contributed by atoms with van der Waals surface area (Å²) in [6.07, 6.45) is 4.14. The number of H-pyrrole nitrogens is 1. The summed E-state index contributed by atoms with van der Waals surface area (Å²) >= 11 is 0. The zero-order valence-electron chi connectivity index (χ0n) is 17.1. The second-order valence-electron chi connectivity index (χ2n) is 8.65. The van der Waals surface area contributed by atoms with Crippen LogP contribution in [0, 0.1) is 0 Å². The lowest BCUT2D eigenvalue weighted by atomic mass is 9.93. The van der Waals surface area contributed by atoms with Gasteiger partial charge in [0.2, 0.25) is 11.5 Å². The number of aromatic nitrogens is 1. The van der Waals surface area contributed by atoms with Crippen molar-refractivity contribution in [3.63, 3.8) is 0 Å². The van der Waals surface area contributed by atoms with Gasteiger partial charge in [-0.15, -0.1) is 0 Å². The lowest BCUT2D eigenvalue weighted by Gasteiger charge is -2.27. The van der Waals surface area contributed by atoms with Gasteiger partial charge in [-0.25, -0.2) is 0 Å². The van der Waals surface area contributed by atoms with Crippen LogP contribution in [0.1, 0.15) is 42.9 Å². The highest BCUT2D eigenvalue weighted by molar-refractivity contribution is 5.93. The first-order valence-electron chi connectivity index (χ1n) is 10.9. The number of carbonyl (C=O) groups is 1. The van der Waals surface area contributed by atoms with E-state index in [-0.39, 0.29) is 17.5 Å². The minimum atomic E-state index is -0.487. The molecule has 5 nitrogen and oxygen atoms in total. The average molecular weight is 402 g/mol. The molecule has 2 N–H and O–H groups in total. The first kappa shape index (κ1) is 19.1. The van der Waals surface area contributed by atoms with Gasteiger partial charge in [0.25, 0.3) is 0 Å². The number of nitrogens with zero attached hydrogens (tertiary/aromatic N) is 1. The van der Waals surface area contributed by atoms with E-state index in [1.165, 1.54) is 18.9 Å². The predicted molar refractivity (Wildman–Crippen MR) is 118 cm³/mol. The zero-order chi connectivity index (χ0) is 20.6. The molecule has 1 aliphatic heterocycles. The number of benzene rings is 2. The van der Waals surface area contributed by atoms with Gasteiger partial charge in [-0.05, 0) is 67.4 Å². The van der Waals surface area contributed by atoms with E-state index in [9.17, 15) is 9.59 Å². The molecule has 0 bridgehead atoms. The van der Waals surface area contributed by atoms with Gasteiger partial charge in [-0.3, -0.25) is 9.59 Å². The second kappa shape index (κ2) is 7.73. The molecule has 5 rings (SSSR count). The maximum absolute atomic E-state index is 13.5. The second-order valence-corrected chi connectivity index (χ2v) is 8.65. The number of fused-ring (bicyclic) bond motifs is 1. The van der Waals surface area contributed by atoms with Crippen molar-refractivity contribution in [2.24, 2.45) is 0 Å². The Morgan fingerprint density at radius 1 is 1.03 bits per heavy atom. The molecule has 1 aromatic heterocycles. The fourth-order valence-electron chi connectivity index (χ4n) is 4.66. The molecular weight excluding hydrogens is 374 g/mol. The molecule has 2 fully saturated rings. The Morgan fingerprint density at radius 3 is 2.50 bits per heavy atom. The van der Waals surface area contributed by atoms with Crippen molar-refractivity contribution in [2.75, 3.05) is 19.6 Å². The van der Waals surface area contributed by atoms with E-state index >= 15 is 0 Å². The highest BCUT2D eigenvalue weighted by Gasteiger charge is 2.51. The molecule has 2 aromatic carbocycles. The van der Waals surface area contributed by atoms with Gasteiger partial charge < -0.3 is 15.2 Å². The Morgan fingerprint density at radius 2 is 1.77 bits per heavy atom. The van der Waals surface area contributed by atoms with E-state index in [0.29, 0.717) is 0 Å². The maximum atomic E-state index is 13.5. The smallest absolute Gasteiger partial charge is 0.248 e. The van der Waals surface area contributed by atoms with Crippen LogP contribution < -0.4 is 10.9 Å². The van der Waals surface area contributed by atoms with Gasteiger partial charge in [0.1, 0.15) is 0 Å². The third-order valence-electron chi connectivity index (χ3n) is 6.61. The fraction of sp³-hybridized carbons (Fsp3) is 0.360. The van der Waals surface area contributed by atoms with E-state index in [1.54, 1.807) is 0 Å². The summed E-state index contributed by atoms with van der Waals surface area (Å²) in [5.74, 6) is 0.0909. The summed E-state index contributed by atoms with van der Waals surface area (Å²) in [4.78, 5) is 30.5. The average Bonchev–Trinajstić information content (AvgIpc) is 3.43. The number of pyridine rings is 1. The maximum Gasteiger partial charge on any atom is 0.248 e. The molecule has 3 aromatic rings. The van der Waals surface area contributed by atoms with Crippen LogP contribution in [0.2, 0.25) is 0 Å². The summed E-state index contributed by atoms with van der Waals surface area (Å²) in [5.41, 5.74) is 2.32. The predicted octanol–water partition coefficient (Wildman–Crippen LogP) is 3.51. The molecule has 0 unspecified atom stereocenters. The van der Waals surface area contributed by atoms with E-state index in [1.807, 2.05) is 42.5 Å². The van der Waals surface area contributed by atoms with Crippen molar-refractivity contribution in [2.45, 2.75) is 37.1 Å². The van der Waals surface area contributed by atoms with Crippen LogP contribution in [0.4, 0.5) is 0 Å². The molecule has 2 heterocycles. The SMILES string of the molecule is O=C(N[C@H](CN1CCCC1)c1ccccc1)C1(c2ccc3ccc(=O)[nH]c3c2)CC1. The summed E-state index contributed by atoms with van der Waals surface area (Å²) in [7, 11) is 0. The number of nitrogens with one attached hydrogen (secondary N) is 2. The van der Waals surface area contributed by atoms with E-state index < -0.39 is 5.41 Å². The molecule has 1 aliphatic carbocycles. The fourth-order valence-corrected chi connectivity index (χ4v) is 4.66. The number of rotatable bonds is 6. The van der Waals surface area contributed by atoms with Crippen molar-refractivity contribution in [1.29, 1.82) is 0 Å². The first-order valence-corrected chi connectivity index (χ1v) is 10.9. The first-order chi connectivity index (χ1) is 14.6. The molecular formula is C25H27N3O2. The highest BCUT2D eigenvalue weighted by atomic mass is 16.2. The monoisotopic (exact) mass is 401 g/mol.